The number of benzene rings is 3. The van der Waals surface area contributed by atoms with E-state index in [1.54, 1.807) is 6.07 Å². The Kier molecular flexibility index (Phi) is 6.30. The molecule has 35 heavy (non-hydrogen) atoms. The Morgan fingerprint density at radius 2 is 1.83 bits per heavy atom. The number of cyclic esters (lactones) is 1. The third-order valence-electron chi connectivity index (χ3n) is 4.73. The molecule has 0 saturated carbocycles. The fourth-order valence-corrected chi connectivity index (χ4v) is 4.06. The molecule has 12 heteroatoms. The number of carbonyl (C=O) groups excluding carboxylic acids is 1. The standard InChI is InChI=1S/C23H15FN2O8S/c1-32-21-12-14(11-19-23(27)33-22(25-19)17-7-2-3-8-18(17)24)9-10-20(21)34-35(30,31)16-6-4-5-15(13-16)26(28)29/h2-13H,1H3. The van der Waals surface area contributed by atoms with Gasteiger partial charge in [-0.2, -0.15) is 8.42 Å². The molecule has 4 rings (SSSR count). The predicted molar refractivity (Wildman–Crippen MR) is 121 cm³/mol. The lowest BCUT2D eigenvalue weighted by Crippen LogP contribution is -2.10. The van der Waals surface area contributed by atoms with E-state index in [1.165, 1.54) is 55.7 Å². The van der Waals surface area contributed by atoms with Gasteiger partial charge in [-0.15, -0.1) is 0 Å². The number of nitrogens with zero attached hydrogens (tertiary/aromatic N) is 2. The number of halogens is 1. The number of carbonyl (C=O) groups is 1. The second-order valence-electron chi connectivity index (χ2n) is 7.02. The van der Waals surface area contributed by atoms with Crippen molar-refractivity contribution in [2.75, 3.05) is 7.11 Å². The molecule has 3 aromatic rings. The van der Waals surface area contributed by atoms with Crippen LogP contribution in [-0.2, 0) is 19.6 Å². The summed E-state index contributed by atoms with van der Waals surface area (Å²) < 4.78 is 54.6. The van der Waals surface area contributed by atoms with E-state index >= 15 is 0 Å². The van der Waals surface area contributed by atoms with Gasteiger partial charge in [-0.1, -0.05) is 24.3 Å². The molecule has 3 aromatic carbocycles. The first kappa shape index (κ1) is 23.6. The highest BCUT2D eigenvalue weighted by Gasteiger charge is 2.26. The number of aliphatic imine (C=N–C) groups is 1. The normalized spacial score (nSPS) is 14.4. The van der Waals surface area contributed by atoms with Crippen LogP contribution < -0.4 is 8.92 Å². The van der Waals surface area contributed by atoms with Crippen molar-refractivity contribution in [2.24, 2.45) is 4.99 Å². The van der Waals surface area contributed by atoms with Gasteiger partial charge in [0.05, 0.1) is 17.6 Å². The van der Waals surface area contributed by atoms with Gasteiger partial charge < -0.3 is 13.7 Å². The van der Waals surface area contributed by atoms with Crippen LogP contribution in [0.25, 0.3) is 6.08 Å². The van der Waals surface area contributed by atoms with Gasteiger partial charge in [0, 0.05) is 12.1 Å². The van der Waals surface area contributed by atoms with E-state index in [9.17, 15) is 27.7 Å². The van der Waals surface area contributed by atoms with Crippen molar-refractivity contribution in [2.45, 2.75) is 4.90 Å². The topological polar surface area (TPSA) is 134 Å². The van der Waals surface area contributed by atoms with Gasteiger partial charge in [0.15, 0.2) is 17.2 Å². The maximum absolute atomic E-state index is 14.0. The minimum atomic E-state index is -4.42. The first-order valence-electron chi connectivity index (χ1n) is 9.82. The van der Waals surface area contributed by atoms with Gasteiger partial charge in [-0.05, 0) is 42.0 Å². The Hall–Kier alpha value is -4.58. The minimum Gasteiger partial charge on any atom is -0.493 e. The maximum atomic E-state index is 14.0. The van der Waals surface area contributed by atoms with E-state index in [1.807, 2.05) is 0 Å². The highest BCUT2D eigenvalue weighted by molar-refractivity contribution is 7.87. The van der Waals surface area contributed by atoms with E-state index in [2.05, 4.69) is 4.99 Å². The number of hydrogen-bond donors (Lipinski definition) is 0. The molecule has 0 saturated heterocycles. The molecular formula is C23H15FN2O8S. The molecule has 0 N–H and O–H groups in total. The second kappa shape index (κ2) is 9.35. The Morgan fingerprint density at radius 3 is 2.54 bits per heavy atom. The summed E-state index contributed by atoms with van der Waals surface area (Å²) in [6.07, 6.45) is 1.34. The number of esters is 1. The van der Waals surface area contributed by atoms with Crippen molar-refractivity contribution in [1.29, 1.82) is 0 Å². The molecular weight excluding hydrogens is 483 g/mol. The SMILES string of the molecule is COc1cc(C=C2N=C(c3ccccc3F)OC2=O)ccc1OS(=O)(=O)c1cccc([N+](=O)[O-])c1. The molecule has 0 atom stereocenters. The average Bonchev–Trinajstić information content (AvgIpc) is 3.19. The molecule has 0 unspecified atom stereocenters. The fraction of sp³-hybridized carbons (Fsp3) is 0.0435. The molecule has 178 valence electrons. The first-order chi connectivity index (χ1) is 16.7. The first-order valence-corrected chi connectivity index (χ1v) is 11.2. The lowest BCUT2D eigenvalue weighted by molar-refractivity contribution is -0.385. The van der Waals surface area contributed by atoms with E-state index in [-0.39, 0.29) is 28.7 Å². The quantitative estimate of drug-likeness (QED) is 0.158. The predicted octanol–water partition coefficient (Wildman–Crippen LogP) is 3.85. The van der Waals surface area contributed by atoms with Crippen molar-refractivity contribution < 1.29 is 36.2 Å². The summed E-state index contributed by atoms with van der Waals surface area (Å²) in [6, 6.07) is 14.2. The molecule has 0 amide bonds. The van der Waals surface area contributed by atoms with Gasteiger partial charge in [-0.3, -0.25) is 10.1 Å². The highest BCUT2D eigenvalue weighted by Crippen LogP contribution is 2.32. The summed E-state index contributed by atoms with van der Waals surface area (Å²) in [6.45, 7) is 0. The highest BCUT2D eigenvalue weighted by atomic mass is 32.2. The average molecular weight is 498 g/mol. The minimum absolute atomic E-state index is 0.00183. The van der Waals surface area contributed by atoms with Crippen molar-refractivity contribution in [1.82, 2.24) is 0 Å². The van der Waals surface area contributed by atoms with Gasteiger partial charge in [0.2, 0.25) is 5.90 Å². The maximum Gasteiger partial charge on any atom is 0.363 e. The summed E-state index contributed by atoms with van der Waals surface area (Å²) in [5.41, 5.74) is -0.116. The Bertz CT molecular complexity index is 1520. The molecule has 10 nitrogen and oxygen atoms in total. The van der Waals surface area contributed by atoms with Gasteiger partial charge >= 0.3 is 16.1 Å². The molecule has 0 bridgehead atoms. The molecule has 1 aliphatic heterocycles. The van der Waals surface area contributed by atoms with Crippen molar-refractivity contribution in [3.05, 3.63) is 99.5 Å². The number of nitro groups is 1. The van der Waals surface area contributed by atoms with E-state index in [0.717, 1.165) is 18.2 Å². The van der Waals surface area contributed by atoms with Crippen LogP contribution in [0.3, 0.4) is 0 Å². The second-order valence-corrected chi connectivity index (χ2v) is 8.56. The lowest BCUT2D eigenvalue weighted by atomic mass is 10.1. The van der Waals surface area contributed by atoms with Gasteiger partial charge in [0.1, 0.15) is 10.7 Å². The number of non-ortho nitro benzene ring substituents is 1. The molecule has 0 aliphatic carbocycles. The summed E-state index contributed by atoms with van der Waals surface area (Å²) >= 11 is 0. The van der Waals surface area contributed by atoms with Gasteiger partial charge in [-0.25, -0.2) is 14.2 Å². The number of nitro benzene ring substituents is 1. The lowest BCUT2D eigenvalue weighted by Gasteiger charge is -2.11. The van der Waals surface area contributed by atoms with E-state index < -0.39 is 37.4 Å². The van der Waals surface area contributed by atoms with Crippen LogP contribution >= 0.6 is 0 Å². The van der Waals surface area contributed by atoms with Crippen LogP contribution in [0.1, 0.15) is 11.1 Å². The van der Waals surface area contributed by atoms with Crippen LogP contribution in [0.2, 0.25) is 0 Å². The van der Waals surface area contributed by atoms with Crippen molar-refractivity contribution in [3.8, 4) is 11.5 Å². The third kappa shape index (κ3) is 5.01. The van der Waals surface area contributed by atoms with Crippen LogP contribution in [0, 0.1) is 15.9 Å². The van der Waals surface area contributed by atoms with Gasteiger partial charge in [0.25, 0.3) is 5.69 Å². The monoisotopic (exact) mass is 498 g/mol. The van der Waals surface area contributed by atoms with E-state index in [4.69, 9.17) is 13.7 Å². The zero-order chi connectivity index (χ0) is 25.2. The molecule has 0 aromatic heterocycles. The zero-order valence-corrected chi connectivity index (χ0v) is 18.7. The Labute approximate surface area is 198 Å². The number of rotatable bonds is 7. The summed E-state index contributed by atoms with van der Waals surface area (Å²) in [5.74, 6) is -1.78. The summed E-state index contributed by atoms with van der Waals surface area (Å²) in [4.78, 5) is 26.0. The number of ether oxygens (including phenoxy) is 2. The van der Waals surface area contributed by atoms with Crippen LogP contribution in [0.4, 0.5) is 10.1 Å². The Balaban J connectivity index is 1.62. The molecule has 0 spiro atoms. The third-order valence-corrected chi connectivity index (χ3v) is 5.96. The van der Waals surface area contributed by atoms with Crippen LogP contribution in [0.5, 0.6) is 11.5 Å². The zero-order valence-electron chi connectivity index (χ0n) is 17.9. The fourth-order valence-electron chi connectivity index (χ4n) is 3.08. The molecule has 0 fully saturated rings. The number of hydrogen-bond acceptors (Lipinski definition) is 9. The Morgan fingerprint density at radius 1 is 1.06 bits per heavy atom. The van der Waals surface area contributed by atoms with Crippen LogP contribution in [0.15, 0.2) is 82.3 Å². The number of methoxy groups -OCH3 is 1. The smallest absolute Gasteiger partial charge is 0.363 e. The summed E-state index contributed by atoms with van der Waals surface area (Å²) in [7, 11) is -3.14. The van der Waals surface area contributed by atoms with Crippen molar-refractivity contribution >= 4 is 33.7 Å². The molecule has 1 aliphatic rings. The van der Waals surface area contributed by atoms with E-state index in [0.29, 0.717) is 5.56 Å². The van der Waals surface area contributed by atoms with Crippen molar-refractivity contribution in [3.63, 3.8) is 0 Å². The largest absolute Gasteiger partial charge is 0.493 e. The summed E-state index contributed by atoms with van der Waals surface area (Å²) in [5, 5.41) is 10.9. The molecule has 1 heterocycles. The molecule has 0 radical (unpaired) electrons. The van der Waals surface area contributed by atoms with Crippen LogP contribution in [-0.4, -0.2) is 32.3 Å².